The van der Waals surface area contributed by atoms with E-state index in [1.165, 1.54) is 54.5 Å². The molecule has 4 N–H and O–H groups in total. The van der Waals surface area contributed by atoms with Gasteiger partial charge in [-0.15, -0.1) is 0 Å². The first-order chi connectivity index (χ1) is 35.1. The van der Waals surface area contributed by atoms with Crippen LogP contribution in [-0.4, -0.2) is 110 Å². The van der Waals surface area contributed by atoms with Crippen molar-refractivity contribution < 1.29 is 61.0 Å². The predicted octanol–water partition coefficient (Wildman–Crippen LogP) is 6.96. The summed E-state index contributed by atoms with van der Waals surface area (Å²) in [7, 11) is 1.83. The number of anilines is 1. The molecule has 13 nitrogen and oxygen atoms in total. The number of ketones is 2. The second-order valence-electron chi connectivity index (χ2n) is 19.9. The molecule has 0 saturated carbocycles. The molecular weight excluding hydrogens is 950 g/mol. The van der Waals surface area contributed by atoms with Gasteiger partial charge in [0.05, 0.1) is 23.3 Å². The molecule has 8 rings (SSSR count). The van der Waals surface area contributed by atoms with Gasteiger partial charge in [-0.05, 0) is 125 Å². The van der Waals surface area contributed by atoms with E-state index in [9.17, 15) is 19.2 Å². The van der Waals surface area contributed by atoms with Crippen LogP contribution in [0.5, 0.6) is 0 Å². The topological polar surface area (TPSA) is 155 Å². The van der Waals surface area contributed by atoms with E-state index in [-0.39, 0.29) is 80.7 Å². The minimum absolute atomic E-state index is 0. The molecular formula is C60H86KN9O4. The average Bonchev–Trinajstić information content (AvgIpc) is 3.98. The average molecular weight is 1040 g/mol. The number of Topliss-reactive ketones (excluding diaryl/α,β-unsaturated/α-hetero) is 2. The number of nitrogens with one attached hydrogen (secondary N) is 2. The Morgan fingerprint density at radius 2 is 1.70 bits per heavy atom. The first-order valence-corrected chi connectivity index (χ1v) is 26.9. The minimum atomic E-state index is -0.0434. The van der Waals surface area contributed by atoms with Crippen LogP contribution in [0, 0.1) is 26.7 Å². The maximum atomic E-state index is 13.2. The van der Waals surface area contributed by atoms with Gasteiger partial charge in [0, 0.05) is 112 Å². The quantitative estimate of drug-likeness (QED) is 0.0506. The van der Waals surface area contributed by atoms with Crippen molar-refractivity contribution in [3.63, 3.8) is 0 Å². The number of nitrogens with zero attached hydrogens (tertiary/aromatic N) is 6. The molecule has 74 heavy (non-hydrogen) atoms. The normalized spacial score (nSPS) is 15.9. The van der Waals surface area contributed by atoms with Crippen molar-refractivity contribution in [2.45, 2.75) is 126 Å². The van der Waals surface area contributed by atoms with Crippen molar-refractivity contribution in [1.82, 2.24) is 33.8 Å². The molecule has 5 aromatic rings. The van der Waals surface area contributed by atoms with E-state index in [1.54, 1.807) is 22.3 Å². The standard InChI is InChI=1S/C31H34N4O2.C22H36N4O.C5H10NO.C2H6.K/c1-20(19-34-14-9-24(10-15-34)26-6-5-25(23(4)36)18-21(26)2)17-28-22(3)32-13-8-30(28)35-16-11-29-27(31(35)37)7-12-33-29;1-5-7-18(8-6-2)16-26-12-11-25(14-17(26)3)15-19-9-10-20-21(13-19)24(4)22(27)23-20;1-2-3-5(7)4-6;1-2;/h5-6,8-9,11,13,16-18,33H,7,10,12,14-15,19H2,1-4H3;9-10,13,17-18H,5-8,11-12,14-16H2,1-4H3,(H,23,27);1-4,6H2;1-2H3;/q;;-1;;+1/b20-17+;;;;. The fourth-order valence-electron chi connectivity index (χ4n) is 10.3. The van der Waals surface area contributed by atoms with Gasteiger partial charge in [-0.2, -0.15) is 6.42 Å². The molecule has 0 radical (unpaired) electrons. The smallest absolute Gasteiger partial charge is 0.384 e. The van der Waals surface area contributed by atoms with Gasteiger partial charge in [0.2, 0.25) is 0 Å². The molecule has 2 aromatic carbocycles. The van der Waals surface area contributed by atoms with Crippen LogP contribution < -0.4 is 73.7 Å². The van der Waals surface area contributed by atoms with E-state index in [0.29, 0.717) is 18.9 Å². The van der Waals surface area contributed by atoms with Crippen LogP contribution in [0.4, 0.5) is 5.69 Å². The Labute approximate surface area is 484 Å². The SMILES string of the molecule is CC.CC(=O)c1ccc(C2=CCN(C/C(C)=C/c3c(-n4ccc5c(c4=O)CCN5)ccnc3C)CC2)c(C)c1.CCCC(CCC)CN1CCN(Cc2ccc3[nH]c(=O)n(C)c3c2)CC1C.[CH2-]CCC(=O)CN.[K+]. The summed E-state index contributed by atoms with van der Waals surface area (Å²) in [5, 5.41) is 3.29. The molecule has 1 atom stereocenters. The fourth-order valence-corrected chi connectivity index (χ4v) is 10.3. The van der Waals surface area contributed by atoms with Crippen molar-refractivity contribution in [1.29, 1.82) is 0 Å². The Morgan fingerprint density at radius 3 is 2.32 bits per heavy atom. The van der Waals surface area contributed by atoms with E-state index >= 15 is 0 Å². The molecule has 0 aliphatic carbocycles. The van der Waals surface area contributed by atoms with Crippen molar-refractivity contribution >= 4 is 39.9 Å². The second-order valence-corrected chi connectivity index (χ2v) is 19.9. The van der Waals surface area contributed by atoms with Crippen molar-refractivity contribution in [3.05, 3.63) is 139 Å². The van der Waals surface area contributed by atoms with E-state index in [2.05, 4.69) is 102 Å². The number of carbonyl (C=O) groups is 2. The molecule has 3 aliphatic rings. The number of aromatic amines is 1. The summed E-state index contributed by atoms with van der Waals surface area (Å²) < 4.78 is 3.45. The Morgan fingerprint density at radius 1 is 0.959 bits per heavy atom. The summed E-state index contributed by atoms with van der Waals surface area (Å²) in [6.07, 6.45) is 16.4. The molecule has 1 saturated heterocycles. The van der Waals surface area contributed by atoms with Gasteiger partial charge in [0.25, 0.3) is 5.56 Å². The zero-order valence-corrected chi connectivity index (χ0v) is 50.0. The Hall–Kier alpha value is -4.09. The van der Waals surface area contributed by atoms with Crippen molar-refractivity contribution in [3.8, 4) is 5.69 Å². The van der Waals surface area contributed by atoms with E-state index in [0.717, 1.165) is 121 Å². The summed E-state index contributed by atoms with van der Waals surface area (Å²) in [6.45, 7) is 31.6. The van der Waals surface area contributed by atoms with Crippen LogP contribution >= 0.6 is 0 Å². The molecule has 3 aromatic heterocycles. The van der Waals surface area contributed by atoms with Gasteiger partial charge >= 0.3 is 57.1 Å². The molecule has 1 fully saturated rings. The summed E-state index contributed by atoms with van der Waals surface area (Å²) >= 11 is 0. The number of hydrogen-bond acceptors (Lipinski definition) is 10. The van der Waals surface area contributed by atoms with Crippen LogP contribution in [0.2, 0.25) is 0 Å². The monoisotopic (exact) mass is 1040 g/mol. The first-order valence-electron chi connectivity index (χ1n) is 26.9. The minimum Gasteiger partial charge on any atom is -0.384 e. The molecule has 0 bridgehead atoms. The summed E-state index contributed by atoms with van der Waals surface area (Å²) in [6, 6.07) is 16.9. The van der Waals surface area contributed by atoms with E-state index < -0.39 is 0 Å². The van der Waals surface area contributed by atoms with Crippen LogP contribution in [0.1, 0.15) is 137 Å². The third-order valence-electron chi connectivity index (χ3n) is 14.2. The number of pyridine rings is 2. The number of rotatable bonds is 17. The number of carbonyl (C=O) groups excluding carboxylic acids is 2. The Kier molecular flexibility index (Phi) is 26.3. The van der Waals surface area contributed by atoms with Crippen molar-refractivity contribution in [2.75, 3.05) is 64.2 Å². The van der Waals surface area contributed by atoms with Gasteiger partial charge in [-0.1, -0.05) is 76.5 Å². The predicted molar refractivity (Wildman–Crippen MR) is 304 cm³/mol. The van der Waals surface area contributed by atoms with Crippen LogP contribution in [0.3, 0.4) is 0 Å². The van der Waals surface area contributed by atoms with Gasteiger partial charge < -0.3 is 23.0 Å². The number of nitrogens with two attached hydrogens (primary N) is 1. The maximum absolute atomic E-state index is 13.2. The number of piperazine rings is 1. The van der Waals surface area contributed by atoms with Gasteiger partial charge in [-0.3, -0.25) is 43.2 Å². The number of benzene rings is 2. The first kappa shape index (κ1) is 62.4. The Bertz CT molecular complexity index is 2800. The third kappa shape index (κ3) is 17.2. The fraction of sp³-hybridized carbons (Fsp3) is 0.500. The van der Waals surface area contributed by atoms with Crippen molar-refractivity contribution in [2.24, 2.45) is 18.7 Å². The summed E-state index contributed by atoms with van der Waals surface area (Å²) in [4.78, 5) is 62.0. The zero-order chi connectivity index (χ0) is 53.2. The number of fused-ring (bicyclic) bond motifs is 2. The van der Waals surface area contributed by atoms with Crippen LogP contribution in [0.25, 0.3) is 28.4 Å². The largest absolute Gasteiger partial charge is 1.00 e. The second kappa shape index (κ2) is 31.2. The van der Waals surface area contributed by atoms with Gasteiger partial charge in [0.15, 0.2) is 5.78 Å². The molecule has 0 spiro atoms. The third-order valence-corrected chi connectivity index (χ3v) is 14.2. The molecule has 0 amide bonds. The molecule has 1 unspecified atom stereocenters. The van der Waals surface area contributed by atoms with Crippen LogP contribution in [-0.2, 0) is 24.8 Å². The molecule has 14 heteroatoms. The number of aromatic nitrogens is 4. The van der Waals surface area contributed by atoms with Gasteiger partial charge in [0.1, 0.15) is 5.78 Å². The maximum Gasteiger partial charge on any atom is 1.00 e. The molecule has 396 valence electrons. The zero-order valence-electron chi connectivity index (χ0n) is 46.9. The molecule has 3 aliphatic heterocycles. The van der Waals surface area contributed by atoms with Gasteiger partial charge in [-0.25, -0.2) is 4.79 Å². The number of H-pyrrole nitrogens is 1. The summed E-state index contributed by atoms with van der Waals surface area (Å²) in [5.74, 6) is 1.05. The van der Waals surface area contributed by atoms with E-state index in [4.69, 9.17) is 5.73 Å². The number of hydrogen-bond donors (Lipinski definition) is 3. The summed E-state index contributed by atoms with van der Waals surface area (Å²) in [5.41, 5.74) is 18.5. The van der Waals surface area contributed by atoms with Crippen LogP contribution in [0.15, 0.2) is 82.2 Å². The number of imidazole rings is 1. The number of aryl methyl sites for hydroxylation is 3. The van der Waals surface area contributed by atoms with E-state index in [1.807, 2.05) is 64.3 Å². The Balaban J connectivity index is 0.000000282. The molecule has 6 heterocycles.